The summed E-state index contributed by atoms with van der Waals surface area (Å²) in [5, 5.41) is 3.47. The quantitative estimate of drug-likeness (QED) is 0.806. The Morgan fingerprint density at radius 2 is 2.12 bits per heavy atom. The fourth-order valence-corrected chi connectivity index (χ4v) is 2.21. The Kier molecular flexibility index (Phi) is 3.01. The van der Waals surface area contributed by atoms with Crippen LogP contribution >= 0.6 is 0 Å². The molecular formula is C12H19N3O. The molecule has 0 aromatic carbocycles. The molecule has 0 radical (unpaired) electrons. The third-order valence-corrected chi connectivity index (χ3v) is 3.34. The number of anilines is 1. The van der Waals surface area contributed by atoms with Crippen LogP contribution in [0, 0.1) is 0 Å². The Balaban J connectivity index is 2.05. The molecule has 16 heavy (non-hydrogen) atoms. The van der Waals surface area contributed by atoms with E-state index in [1.54, 1.807) is 17.7 Å². The lowest BCUT2D eigenvalue weighted by atomic mass is 10.2. The van der Waals surface area contributed by atoms with Crippen LogP contribution in [0.1, 0.15) is 13.3 Å². The summed E-state index contributed by atoms with van der Waals surface area (Å²) in [5.74, 6) is 0. The molecule has 4 heteroatoms. The lowest BCUT2D eigenvalue weighted by Gasteiger charge is -2.14. The Morgan fingerprint density at radius 3 is 2.69 bits per heavy atom. The van der Waals surface area contributed by atoms with Crippen LogP contribution in [0.25, 0.3) is 0 Å². The van der Waals surface area contributed by atoms with E-state index in [-0.39, 0.29) is 5.56 Å². The normalized spacial score (nSPS) is 25.9. The van der Waals surface area contributed by atoms with E-state index in [0.29, 0.717) is 12.1 Å². The fraction of sp³-hybridized carbons (Fsp3) is 0.583. The number of likely N-dealkylation sites (N-methyl/N-ethyl adjacent to an activating group) is 1. The Bertz CT molecular complexity index is 417. The molecule has 0 spiro atoms. The third kappa shape index (κ3) is 2.27. The molecule has 1 aliphatic heterocycles. The zero-order valence-electron chi connectivity index (χ0n) is 10.1. The van der Waals surface area contributed by atoms with Crippen molar-refractivity contribution in [2.75, 3.05) is 18.9 Å². The van der Waals surface area contributed by atoms with Crippen molar-refractivity contribution < 1.29 is 0 Å². The highest BCUT2D eigenvalue weighted by molar-refractivity contribution is 5.41. The molecule has 2 rings (SSSR count). The second-order valence-corrected chi connectivity index (χ2v) is 4.73. The van der Waals surface area contributed by atoms with Crippen LogP contribution in [0.5, 0.6) is 0 Å². The van der Waals surface area contributed by atoms with Crippen molar-refractivity contribution in [1.82, 2.24) is 9.47 Å². The topological polar surface area (TPSA) is 37.3 Å². The minimum atomic E-state index is 0.0301. The number of nitrogens with one attached hydrogen (secondary N) is 1. The van der Waals surface area contributed by atoms with Crippen LogP contribution in [-0.2, 0) is 7.05 Å². The van der Waals surface area contributed by atoms with Crippen molar-refractivity contribution >= 4 is 5.69 Å². The maximum atomic E-state index is 11.2. The van der Waals surface area contributed by atoms with Gasteiger partial charge < -0.3 is 14.8 Å². The molecule has 88 valence electrons. The van der Waals surface area contributed by atoms with E-state index in [1.807, 2.05) is 12.3 Å². The molecule has 1 aromatic heterocycles. The minimum Gasteiger partial charge on any atom is -0.380 e. The van der Waals surface area contributed by atoms with Crippen molar-refractivity contribution in [2.45, 2.75) is 25.4 Å². The van der Waals surface area contributed by atoms with E-state index >= 15 is 0 Å². The van der Waals surface area contributed by atoms with Crippen molar-refractivity contribution in [3.8, 4) is 0 Å². The molecule has 0 saturated carbocycles. The molecule has 1 aromatic rings. The van der Waals surface area contributed by atoms with Gasteiger partial charge in [-0.15, -0.1) is 0 Å². The molecule has 4 nitrogen and oxygen atoms in total. The molecule has 2 atom stereocenters. The van der Waals surface area contributed by atoms with E-state index in [9.17, 15) is 4.79 Å². The molecule has 2 heterocycles. The SMILES string of the molecule is CC1CC(Nc2ccc(=O)n(C)c2)CN1C. The molecule has 0 amide bonds. The van der Waals surface area contributed by atoms with Gasteiger partial charge in [-0.25, -0.2) is 0 Å². The van der Waals surface area contributed by atoms with Gasteiger partial charge in [0.05, 0.1) is 5.69 Å². The van der Waals surface area contributed by atoms with Gasteiger partial charge in [0, 0.05) is 37.9 Å². The summed E-state index contributed by atoms with van der Waals surface area (Å²) in [6.45, 7) is 3.30. The first-order valence-corrected chi connectivity index (χ1v) is 5.69. The number of rotatable bonds is 2. The van der Waals surface area contributed by atoms with Gasteiger partial charge in [-0.3, -0.25) is 4.79 Å². The first kappa shape index (κ1) is 11.2. The number of nitrogens with zero attached hydrogens (tertiary/aromatic N) is 2. The first-order chi connectivity index (χ1) is 7.56. The predicted molar refractivity (Wildman–Crippen MR) is 65.8 cm³/mol. The van der Waals surface area contributed by atoms with Gasteiger partial charge in [-0.1, -0.05) is 0 Å². The van der Waals surface area contributed by atoms with E-state index in [4.69, 9.17) is 0 Å². The number of pyridine rings is 1. The molecule has 1 aliphatic rings. The highest BCUT2D eigenvalue weighted by Gasteiger charge is 2.25. The van der Waals surface area contributed by atoms with Gasteiger partial charge >= 0.3 is 0 Å². The lowest BCUT2D eigenvalue weighted by Crippen LogP contribution is -2.25. The van der Waals surface area contributed by atoms with Crippen LogP contribution < -0.4 is 10.9 Å². The third-order valence-electron chi connectivity index (χ3n) is 3.34. The number of hydrogen-bond donors (Lipinski definition) is 1. The minimum absolute atomic E-state index is 0.0301. The molecule has 1 fully saturated rings. The summed E-state index contributed by atoms with van der Waals surface area (Å²) < 4.78 is 1.60. The highest BCUT2D eigenvalue weighted by atomic mass is 16.1. The lowest BCUT2D eigenvalue weighted by molar-refractivity contribution is 0.330. The fourth-order valence-electron chi connectivity index (χ4n) is 2.21. The number of likely N-dealkylation sites (tertiary alicyclic amines) is 1. The van der Waals surface area contributed by atoms with Crippen molar-refractivity contribution in [1.29, 1.82) is 0 Å². The van der Waals surface area contributed by atoms with Crippen molar-refractivity contribution in [3.05, 3.63) is 28.7 Å². The van der Waals surface area contributed by atoms with Gasteiger partial charge in [0.15, 0.2) is 0 Å². The average molecular weight is 221 g/mol. The van der Waals surface area contributed by atoms with Crippen LogP contribution in [0.15, 0.2) is 23.1 Å². The monoisotopic (exact) mass is 221 g/mol. The zero-order chi connectivity index (χ0) is 11.7. The van der Waals surface area contributed by atoms with E-state index in [2.05, 4.69) is 24.2 Å². The predicted octanol–water partition coefficient (Wildman–Crippen LogP) is 0.890. The molecule has 1 saturated heterocycles. The van der Waals surface area contributed by atoms with Crippen molar-refractivity contribution in [3.63, 3.8) is 0 Å². The van der Waals surface area contributed by atoms with Crippen LogP contribution in [0.2, 0.25) is 0 Å². The van der Waals surface area contributed by atoms with Gasteiger partial charge in [-0.2, -0.15) is 0 Å². The van der Waals surface area contributed by atoms with Gasteiger partial charge in [0.25, 0.3) is 0 Å². The average Bonchev–Trinajstić information content (AvgIpc) is 2.52. The molecule has 1 N–H and O–H groups in total. The Morgan fingerprint density at radius 1 is 1.38 bits per heavy atom. The van der Waals surface area contributed by atoms with E-state index in [1.165, 1.54) is 0 Å². The van der Waals surface area contributed by atoms with Crippen LogP contribution in [-0.4, -0.2) is 35.1 Å². The summed E-state index contributed by atoms with van der Waals surface area (Å²) in [5.41, 5.74) is 1.05. The van der Waals surface area contributed by atoms with E-state index in [0.717, 1.165) is 18.7 Å². The summed E-state index contributed by atoms with van der Waals surface area (Å²) in [6.07, 6.45) is 3.00. The Hall–Kier alpha value is -1.29. The smallest absolute Gasteiger partial charge is 0.250 e. The maximum absolute atomic E-state index is 11.2. The van der Waals surface area contributed by atoms with Gasteiger partial charge in [0.2, 0.25) is 5.56 Å². The van der Waals surface area contributed by atoms with Crippen LogP contribution in [0.3, 0.4) is 0 Å². The second-order valence-electron chi connectivity index (χ2n) is 4.73. The summed E-state index contributed by atoms with van der Waals surface area (Å²) in [6, 6.07) is 4.57. The highest BCUT2D eigenvalue weighted by Crippen LogP contribution is 2.18. The summed E-state index contributed by atoms with van der Waals surface area (Å²) in [4.78, 5) is 13.6. The molecule has 0 bridgehead atoms. The van der Waals surface area contributed by atoms with Gasteiger partial charge in [0.1, 0.15) is 0 Å². The largest absolute Gasteiger partial charge is 0.380 e. The second kappa shape index (κ2) is 4.29. The number of aryl methyl sites for hydroxylation is 1. The standard InChI is InChI=1S/C12H19N3O/c1-9-6-11(8-14(9)2)13-10-4-5-12(16)15(3)7-10/h4-5,7,9,11,13H,6,8H2,1-3H3. The number of aromatic nitrogens is 1. The first-order valence-electron chi connectivity index (χ1n) is 5.69. The maximum Gasteiger partial charge on any atom is 0.250 e. The molecule has 2 unspecified atom stereocenters. The van der Waals surface area contributed by atoms with Crippen molar-refractivity contribution in [2.24, 2.45) is 7.05 Å². The van der Waals surface area contributed by atoms with Gasteiger partial charge in [-0.05, 0) is 26.5 Å². The summed E-state index contributed by atoms with van der Waals surface area (Å²) in [7, 11) is 3.92. The zero-order valence-corrected chi connectivity index (χ0v) is 10.1. The van der Waals surface area contributed by atoms with E-state index < -0.39 is 0 Å². The summed E-state index contributed by atoms with van der Waals surface area (Å²) >= 11 is 0. The number of hydrogen-bond acceptors (Lipinski definition) is 3. The molecular weight excluding hydrogens is 202 g/mol. The molecule has 0 aliphatic carbocycles. The van der Waals surface area contributed by atoms with Crippen LogP contribution in [0.4, 0.5) is 5.69 Å². The Labute approximate surface area is 95.9 Å².